The van der Waals surface area contributed by atoms with Crippen LogP contribution in [0.5, 0.6) is 0 Å². The van der Waals surface area contributed by atoms with Crippen LogP contribution >= 0.6 is 15.9 Å². The number of aryl methyl sites for hydroxylation is 1. The fourth-order valence-corrected chi connectivity index (χ4v) is 2.62. The van der Waals surface area contributed by atoms with Crippen LogP contribution in [0, 0.1) is 6.92 Å². The van der Waals surface area contributed by atoms with Crippen LogP contribution in [0.15, 0.2) is 83.9 Å². The monoisotopic (exact) mass is 392 g/mol. The zero-order valence-corrected chi connectivity index (χ0v) is 15.3. The highest BCUT2D eigenvalue weighted by molar-refractivity contribution is 9.10. The third-order valence-electron chi connectivity index (χ3n) is 3.74. The molecule has 0 aliphatic carbocycles. The van der Waals surface area contributed by atoms with Crippen molar-refractivity contribution in [2.75, 3.05) is 0 Å². The van der Waals surface area contributed by atoms with Gasteiger partial charge >= 0.3 is 0 Å². The molecule has 25 heavy (non-hydrogen) atoms. The zero-order valence-electron chi connectivity index (χ0n) is 13.8. The van der Waals surface area contributed by atoms with Crippen LogP contribution in [-0.2, 0) is 0 Å². The van der Waals surface area contributed by atoms with Gasteiger partial charge in [0.25, 0.3) is 0 Å². The first kappa shape index (κ1) is 17.1. The molecule has 0 amide bonds. The first-order valence-corrected chi connectivity index (χ1v) is 8.66. The molecular weight excluding hydrogens is 376 g/mol. The number of allylic oxidation sites excluding steroid dienone is 3. The van der Waals surface area contributed by atoms with Crippen molar-refractivity contribution in [3.05, 3.63) is 101 Å². The van der Waals surface area contributed by atoms with Crippen LogP contribution < -0.4 is 0 Å². The minimum absolute atomic E-state index is 0.0431. The molecule has 3 rings (SSSR count). The smallest absolute Gasteiger partial charge is 0.209 e. The highest BCUT2D eigenvalue weighted by Gasteiger charge is 2.13. The molecule has 1 heterocycles. The second-order valence-corrected chi connectivity index (χ2v) is 6.54. The van der Waals surface area contributed by atoms with Gasteiger partial charge in [0.15, 0.2) is 0 Å². The quantitative estimate of drug-likeness (QED) is 0.331. The summed E-state index contributed by atoms with van der Waals surface area (Å²) in [5.74, 6) is -0.0431. The molecule has 0 saturated heterocycles. The summed E-state index contributed by atoms with van der Waals surface area (Å²) in [5.41, 5.74) is 3.39. The molecular formula is C21H17BrN2O. The Morgan fingerprint density at radius 1 is 1.08 bits per heavy atom. The summed E-state index contributed by atoms with van der Waals surface area (Å²) in [6.07, 6.45) is 10.7. The number of carbonyl (C=O) groups is 1. The summed E-state index contributed by atoms with van der Waals surface area (Å²) in [6, 6.07) is 15.6. The van der Waals surface area contributed by atoms with Crippen LogP contribution in [0.1, 0.15) is 21.5 Å². The Labute approximate surface area is 155 Å². The second-order valence-electron chi connectivity index (χ2n) is 5.63. The minimum Gasteiger partial charge on any atom is -0.303 e. The predicted octanol–water partition coefficient (Wildman–Crippen LogP) is 5.39. The van der Waals surface area contributed by atoms with Gasteiger partial charge in [-0.05, 0) is 30.7 Å². The molecule has 124 valence electrons. The number of Topliss-reactive ketones (excluding diaryl/α,β-unsaturated/α-hetero) is 1. The first-order chi connectivity index (χ1) is 12.1. The molecule has 0 saturated carbocycles. The second kappa shape index (κ2) is 7.90. The molecule has 0 radical (unpaired) electrons. The standard InChI is InChI=1S/C21H17BrN2O/c1-16-5-9-18(10-6-16)21(25)20(24-14-13-23-15-24)4-2-3-17-7-11-19(22)12-8-17/h2-15H,1H3/b3-2+,20-4-. The van der Waals surface area contributed by atoms with E-state index in [9.17, 15) is 4.79 Å². The van der Waals surface area contributed by atoms with Crippen molar-refractivity contribution in [1.29, 1.82) is 0 Å². The van der Waals surface area contributed by atoms with Crippen molar-refractivity contribution < 1.29 is 4.79 Å². The summed E-state index contributed by atoms with van der Waals surface area (Å²) < 4.78 is 2.77. The van der Waals surface area contributed by atoms with Crippen LogP contribution in [0.25, 0.3) is 11.8 Å². The Balaban J connectivity index is 1.91. The Morgan fingerprint density at radius 3 is 2.44 bits per heavy atom. The zero-order chi connectivity index (χ0) is 17.6. The lowest BCUT2D eigenvalue weighted by Gasteiger charge is -2.07. The lowest BCUT2D eigenvalue weighted by Crippen LogP contribution is -2.08. The highest BCUT2D eigenvalue weighted by Crippen LogP contribution is 2.16. The largest absolute Gasteiger partial charge is 0.303 e. The number of halogens is 1. The lowest BCUT2D eigenvalue weighted by atomic mass is 10.1. The van der Waals surface area contributed by atoms with Crippen LogP contribution in [0.2, 0.25) is 0 Å². The number of rotatable bonds is 5. The van der Waals surface area contributed by atoms with Crippen molar-refractivity contribution in [2.45, 2.75) is 6.92 Å². The van der Waals surface area contributed by atoms with Gasteiger partial charge < -0.3 is 4.57 Å². The van der Waals surface area contributed by atoms with Crippen molar-refractivity contribution in [1.82, 2.24) is 9.55 Å². The van der Waals surface area contributed by atoms with Gasteiger partial charge in [0, 0.05) is 22.4 Å². The molecule has 4 heteroatoms. The lowest BCUT2D eigenvalue weighted by molar-refractivity contribution is 0.105. The van der Waals surface area contributed by atoms with E-state index < -0.39 is 0 Å². The maximum Gasteiger partial charge on any atom is 0.209 e. The Kier molecular flexibility index (Phi) is 5.41. The Bertz CT molecular complexity index is 906. The van der Waals surface area contributed by atoms with E-state index in [1.54, 1.807) is 23.3 Å². The number of benzene rings is 2. The number of hydrogen-bond acceptors (Lipinski definition) is 2. The van der Waals surface area contributed by atoms with Crippen molar-refractivity contribution in [3.8, 4) is 0 Å². The molecule has 0 N–H and O–H groups in total. The maximum atomic E-state index is 12.9. The normalized spacial score (nSPS) is 11.8. The topological polar surface area (TPSA) is 34.9 Å². The van der Waals surface area contributed by atoms with Crippen LogP contribution in [0.4, 0.5) is 0 Å². The van der Waals surface area contributed by atoms with Crippen molar-refractivity contribution >= 4 is 33.5 Å². The number of aromatic nitrogens is 2. The van der Waals surface area contributed by atoms with E-state index in [2.05, 4.69) is 20.9 Å². The Hall–Kier alpha value is -2.72. The fraction of sp³-hybridized carbons (Fsp3) is 0.0476. The number of carbonyl (C=O) groups excluding carboxylic acids is 1. The molecule has 3 aromatic rings. The van der Waals surface area contributed by atoms with Gasteiger partial charge in [-0.1, -0.05) is 70.0 Å². The molecule has 3 nitrogen and oxygen atoms in total. The van der Waals surface area contributed by atoms with Gasteiger partial charge in [-0.15, -0.1) is 0 Å². The Morgan fingerprint density at radius 2 is 1.80 bits per heavy atom. The number of nitrogens with zero attached hydrogens (tertiary/aromatic N) is 2. The summed E-state index contributed by atoms with van der Waals surface area (Å²) >= 11 is 3.42. The summed E-state index contributed by atoms with van der Waals surface area (Å²) in [5, 5.41) is 0. The third kappa shape index (κ3) is 4.43. The van der Waals surface area contributed by atoms with Crippen molar-refractivity contribution in [2.24, 2.45) is 0 Å². The molecule has 0 atom stereocenters. The van der Waals surface area contributed by atoms with E-state index in [0.717, 1.165) is 15.6 Å². The molecule has 1 aromatic heterocycles. The van der Waals surface area contributed by atoms with E-state index in [-0.39, 0.29) is 5.78 Å². The average Bonchev–Trinajstić information content (AvgIpc) is 3.15. The van der Waals surface area contributed by atoms with Gasteiger partial charge in [-0.25, -0.2) is 4.98 Å². The maximum absolute atomic E-state index is 12.9. The molecule has 0 fully saturated rings. The molecule has 0 spiro atoms. The third-order valence-corrected chi connectivity index (χ3v) is 4.27. The van der Waals surface area contributed by atoms with Gasteiger partial charge in [-0.2, -0.15) is 0 Å². The van der Waals surface area contributed by atoms with E-state index in [0.29, 0.717) is 11.3 Å². The average molecular weight is 393 g/mol. The summed E-state index contributed by atoms with van der Waals surface area (Å²) in [7, 11) is 0. The fourth-order valence-electron chi connectivity index (χ4n) is 2.36. The SMILES string of the molecule is Cc1ccc(C(=O)/C(=C/C=C/c2ccc(Br)cc2)n2ccnc2)cc1. The number of imidazole rings is 1. The van der Waals surface area contributed by atoms with Gasteiger partial charge in [0.1, 0.15) is 0 Å². The summed E-state index contributed by atoms with van der Waals surface area (Å²) in [4.78, 5) is 16.9. The molecule has 2 aromatic carbocycles. The predicted molar refractivity (Wildman–Crippen MR) is 105 cm³/mol. The van der Waals surface area contributed by atoms with Gasteiger partial charge in [0.2, 0.25) is 5.78 Å². The highest BCUT2D eigenvalue weighted by atomic mass is 79.9. The van der Waals surface area contributed by atoms with Gasteiger partial charge in [-0.3, -0.25) is 4.79 Å². The van der Waals surface area contributed by atoms with E-state index in [1.165, 1.54) is 0 Å². The molecule has 0 unspecified atom stereocenters. The molecule has 0 aliphatic heterocycles. The first-order valence-electron chi connectivity index (χ1n) is 7.87. The number of hydrogen-bond donors (Lipinski definition) is 0. The molecule has 0 bridgehead atoms. The van der Waals surface area contributed by atoms with Crippen molar-refractivity contribution in [3.63, 3.8) is 0 Å². The summed E-state index contributed by atoms with van der Waals surface area (Å²) in [6.45, 7) is 2.00. The van der Waals surface area contributed by atoms with Crippen LogP contribution in [-0.4, -0.2) is 15.3 Å². The van der Waals surface area contributed by atoms with Gasteiger partial charge in [0.05, 0.1) is 12.0 Å². The van der Waals surface area contributed by atoms with Crippen LogP contribution in [0.3, 0.4) is 0 Å². The van der Waals surface area contributed by atoms with E-state index in [4.69, 9.17) is 0 Å². The van der Waals surface area contributed by atoms with E-state index in [1.807, 2.05) is 73.7 Å². The minimum atomic E-state index is -0.0431. The molecule has 0 aliphatic rings. The van der Waals surface area contributed by atoms with E-state index >= 15 is 0 Å². The number of ketones is 1.